The number of nitrogens with one attached hydrogen (secondary N) is 1. The molecule has 0 aromatic rings. The Hall–Kier alpha value is -0.610. The number of rotatable bonds is 6. The normalized spacial score (nSPS) is 25.8. The van der Waals surface area contributed by atoms with Gasteiger partial charge in [-0.15, -0.1) is 0 Å². The number of carbonyl (C=O) groups is 1. The first-order chi connectivity index (χ1) is 7.56. The highest BCUT2D eigenvalue weighted by molar-refractivity contribution is 5.84. The molecule has 0 aliphatic carbocycles. The quantitative estimate of drug-likeness (QED) is 0.746. The summed E-state index contributed by atoms with van der Waals surface area (Å²) in [7, 11) is 0. The summed E-state index contributed by atoms with van der Waals surface area (Å²) in [6.45, 7) is 9.45. The van der Waals surface area contributed by atoms with Gasteiger partial charge in [0.25, 0.3) is 0 Å². The number of amides is 1. The molecular weight excluding hydrogens is 204 g/mol. The van der Waals surface area contributed by atoms with Gasteiger partial charge in [-0.05, 0) is 27.2 Å². The molecule has 1 fully saturated rings. The summed E-state index contributed by atoms with van der Waals surface area (Å²) in [6, 6.07) is 0.0130. The third-order valence-corrected chi connectivity index (χ3v) is 2.85. The summed E-state index contributed by atoms with van der Waals surface area (Å²) in [4.78, 5) is 13.9. The van der Waals surface area contributed by atoms with Crippen molar-refractivity contribution < 1.29 is 9.53 Å². The second-order valence-electron chi connectivity index (χ2n) is 4.64. The van der Waals surface area contributed by atoms with Gasteiger partial charge in [0, 0.05) is 6.54 Å². The van der Waals surface area contributed by atoms with Crippen LogP contribution in [0.5, 0.6) is 0 Å². The van der Waals surface area contributed by atoms with Crippen molar-refractivity contribution in [2.24, 2.45) is 0 Å². The number of ether oxygens (including phenoxy) is 1. The first kappa shape index (κ1) is 13.5. The number of carbonyl (C=O) groups excluding carboxylic acids is 1. The molecule has 0 bridgehead atoms. The van der Waals surface area contributed by atoms with E-state index < -0.39 is 0 Å². The van der Waals surface area contributed by atoms with Crippen LogP contribution in [0.3, 0.4) is 0 Å². The Morgan fingerprint density at radius 3 is 2.75 bits per heavy atom. The van der Waals surface area contributed by atoms with Gasteiger partial charge in [0.05, 0.1) is 24.9 Å². The number of hydrogen-bond acceptors (Lipinski definition) is 3. The maximum Gasteiger partial charge on any atom is 0.241 e. The summed E-state index contributed by atoms with van der Waals surface area (Å²) in [5, 5.41) is 3.31. The predicted octanol–water partition coefficient (Wildman–Crippen LogP) is 1.36. The summed E-state index contributed by atoms with van der Waals surface area (Å²) in [6.07, 6.45) is 2.32. The third kappa shape index (κ3) is 3.46. The van der Waals surface area contributed by atoms with Gasteiger partial charge in [0.15, 0.2) is 0 Å². The fourth-order valence-electron chi connectivity index (χ4n) is 2.03. The lowest BCUT2D eigenvalue weighted by Gasteiger charge is -2.21. The fraction of sp³-hybridized carbons (Fsp3) is 0.917. The van der Waals surface area contributed by atoms with Crippen LogP contribution in [-0.2, 0) is 9.53 Å². The molecule has 1 aliphatic heterocycles. The van der Waals surface area contributed by atoms with Crippen molar-refractivity contribution in [3.8, 4) is 0 Å². The predicted molar refractivity (Wildman–Crippen MR) is 64.1 cm³/mol. The summed E-state index contributed by atoms with van der Waals surface area (Å²) in [5.74, 6) is 0.224. The molecule has 1 saturated heterocycles. The molecule has 2 atom stereocenters. The maximum atomic E-state index is 12.0. The monoisotopic (exact) mass is 228 g/mol. The van der Waals surface area contributed by atoms with Crippen LogP contribution in [0.4, 0.5) is 0 Å². The number of hydrogen-bond donors (Lipinski definition) is 1. The Morgan fingerprint density at radius 1 is 1.50 bits per heavy atom. The van der Waals surface area contributed by atoms with E-state index in [2.05, 4.69) is 12.2 Å². The Labute approximate surface area is 98.3 Å². The standard InChI is InChI=1S/C12H24N2O2/c1-5-6-11-12(15)14(10(4)13-11)7-8-16-9(2)3/h9-11,13H,5-8H2,1-4H3. The van der Waals surface area contributed by atoms with Crippen LogP contribution in [0.1, 0.15) is 40.5 Å². The lowest BCUT2D eigenvalue weighted by atomic mass is 10.2. The van der Waals surface area contributed by atoms with Crippen LogP contribution >= 0.6 is 0 Å². The van der Waals surface area contributed by atoms with E-state index in [0.717, 1.165) is 12.8 Å². The van der Waals surface area contributed by atoms with E-state index in [1.54, 1.807) is 0 Å². The van der Waals surface area contributed by atoms with Crippen LogP contribution < -0.4 is 5.32 Å². The minimum absolute atomic E-state index is 0.0130. The topological polar surface area (TPSA) is 41.6 Å². The molecule has 4 nitrogen and oxygen atoms in total. The van der Waals surface area contributed by atoms with E-state index in [1.165, 1.54) is 0 Å². The molecule has 94 valence electrons. The summed E-state index contributed by atoms with van der Waals surface area (Å²) in [5.41, 5.74) is 0. The van der Waals surface area contributed by atoms with Crippen LogP contribution in [0.15, 0.2) is 0 Å². The van der Waals surface area contributed by atoms with Crippen molar-refractivity contribution in [2.45, 2.75) is 58.8 Å². The first-order valence-corrected chi connectivity index (χ1v) is 6.24. The van der Waals surface area contributed by atoms with Crippen molar-refractivity contribution in [1.82, 2.24) is 10.2 Å². The molecule has 1 heterocycles. The third-order valence-electron chi connectivity index (χ3n) is 2.85. The molecule has 1 amide bonds. The van der Waals surface area contributed by atoms with Gasteiger partial charge < -0.3 is 9.64 Å². The Balaban J connectivity index is 2.38. The zero-order chi connectivity index (χ0) is 12.1. The second-order valence-corrected chi connectivity index (χ2v) is 4.64. The highest BCUT2D eigenvalue weighted by Gasteiger charge is 2.35. The zero-order valence-corrected chi connectivity index (χ0v) is 10.8. The zero-order valence-electron chi connectivity index (χ0n) is 10.8. The van der Waals surface area contributed by atoms with Crippen LogP contribution in [0, 0.1) is 0 Å². The molecule has 0 aromatic carbocycles. The van der Waals surface area contributed by atoms with Crippen LogP contribution in [-0.4, -0.2) is 42.3 Å². The molecule has 1 aliphatic rings. The van der Waals surface area contributed by atoms with Crippen molar-refractivity contribution in [1.29, 1.82) is 0 Å². The SMILES string of the molecule is CCCC1NC(C)N(CCOC(C)C)C1=O. The molecule has 0 aromatic heterocycles. The first-order valence-electron chi connectivity index (χ1n) is 6.24. The van der Waals surface area contributed by atoms with E-state index in [-0.39, 0.29) is 24.2 Å². The molecule has 0 spiro atoms. The Morgan fingerprint density at radius 2 is 2.19 bits per heavy atom. The molecule has 1 rings (SSSR count). The minimum atomic E-state index is 0.0130. The van der Waals surface area contributed by atoms with Crippen molar-refractivity contribution in [3.05, 3.63) is 0 Å². The van der Waals surface area contributed by atoms with Gasteiger partial charge in [-0.25, -0.2) is 0 Å². The van der Waals surface area contributed by atoms with Crippen molar-refractivity contribution in [3.63, 3.8) is 0 Å². The average Bonchev–Trinajstić information content (AvgIpc) is 2.45. The molecular formula is C12H24N2O2. The van der Waals surface area contributed by atoms with E-state index in [4.69, 9.17) is 4.74 Å². The Bertz CT molecular complexity index is 231. The van der Waals surface area contributed by atoms with Crippen LogP contribution in [0.2, 0.25) is 0 Å². The van der Waals surface area contributed by atoms with E-state index in [0.29, 0.717) is 13.2 Å². The number of nitrogens with zero attached hydrogens (tertiary/aromatic N) is 1. The van der Waals surface area contributed by atoms with Gasteiger partial charge in [-0.2, -0.15) is 0 Å². The Kier molecular flexibility index (Phi) is 5.22. The smallest absolute Gasteiger partial charge is 0.241 e. The van der Waals surface area contributed by atoms with E-state index >= 15 is 0 Å². The molecule has 4 heteroatoms. The molecule has 2 unspecified atom stereocenters. The molecule has 1 N–H and O–H groups in total. The van der Waals surface area contributed by atoms with Crippen LogP contribution in [0.25, 0.3) is 0 Å². The highest BCUT2D eigenvalue weighted by atomic mass is 16.5. The lowest BCUT2D eigenvalue weighted by Crippen LogP contribution is -2.37. The molecule has 0 saturated carbocycles. The summed E-state index contributed by atoms with van der Waals surface area (Å²) >= 11 is 0. The van der Waals surface area contributed by atoms with Gasteiger partial charge in [0.2, 0.25) is 5.91 Å². The highest BCUT2D eigenvalue weighted by Crippen LogP contribution is 2.13. The molecule has 16 heavy (non-hydrogen) atoms. The van der Waals surface area contributed by atoms with Crippen molar-refractivity contribution in [2.75, 3.05) is 13.2 Å². The van der Waals surface area contributed by atoms with E-state index in [9.17, 15) is 4.79 Å². The molecule has 0 radical (unpaired) electrons. The van der Waals surface area contributed by atoms with Gasteiger partial charge in [0.1, 0.15) is 0 Å². The lowest BCUT2D eigenvalue weighted by molar-refractivity contribution is -0.130. The average molecular weight is 228 g/mol. The van der Waals surface area contributed by atoms with E-state index in [1.807, 2.05) is 25.7 Å². The second kappa shape index (κ2) is 6.21. The maximum absolute atomic E-state index is 12.0. The minimum Gasteiger partial charge on any atom is -0.377 e. The summed E-state index contributed by atoms with van der Waals surface area (Å²) < 4.78 is 5.47. The van der Waals surface area contributed by atoms with Gasteiger partial charge >= 0.3 is 0 Å². The fourth-order valence-corrected chi connectivity index (χ4v) is 2.03. The largest absolute Gasteiger partial charge is 0.377 e. The van der Waals surface area contributed by atoms with Gasteiger partial charge in [-0.3, -0.25) is 10.1 Å². The van der Waals surface area contributed by atoms with Crippen molar-refractivity contribution >= 4 is 5.91 Å². The van der Waals surface area contributed by atoms with Gasteiger partial charge in [-0.1, -0.05) is 13.3 Å².